The third kappa shape index (κ3) is 4.43. The minimum Gasteiger partial charge on any atom is -0.480 e. The molecule has 3 N–H and O–H groups in total. The third-order valence-electron chi connectivity index (χ3n) is 3.95. The summed E-state index contributed by atoms with van der Waals surface area (Å²) in [5, 5.41) is 17.5. The van der Waals surface area contributed by atoms with Crippen LogP contribution in [-0.4, -0.2) is 42.0 Å². The van der Waals surface area contributed by atoms with Gasteiger partial charge in [0.15, 0.2) is 5.25 Å². The van der Waals surface area contributed by atoms with E-state index in [1.54, 1.807) is 0 Å². The first kappa shape index (κ1) is 16.4. The largest absolute Gasteiger partial charge is 0.480 e. The Bertz CT molecular complexity index is 433. The van der Waals surface area contributed by atoms with Crippen molar-refractivity contribution in [2.75, 3.05) is 6.54 Å². The van der Waals surface area contributed by atoms with E-state index in [-0.39, 0.29) is 12.0 Å². The molecular formula is C12H23NO5S. The number of carboxylic acid groups (broad SMARTS) is 1. The molecule has 1 aliphatic rings. The van der Waals surface area contributed by atoms with Gasteiger partial charge >= 0.3 is 5.97 Å². The van der Waals surface area contributed by atoms with Gasteiger partial charge in [0.2, 0.25) is 10.0 Å². The van der Waals surface area contributed by atoms with E-state index in [1.165, 1.54) is 0 Å². The molecule has 19 heavy (non-hydrogen) atoms. The van der Waals surface area contributed by atoms with Crippen LogP contribution in [0.25, 0.3) is 0 Å². The van der Waals surface area contributed by atoms with Crippen LogP contribution in [0.15, 0.2) is 0 Å². The van der Waals surface area contributed by atoms with E-state index < -0.39 is 26.8 Å². The standard InChI is InChI=1S/C12H23NO5S/c1-9(10(14)15)19(17,18)13-8-12(16)6-4-11(2,3)5-7-12/h9,13,16H,4-8H2,1-3H3,(H,14,15). The lowest BCUT2D eigenvalue weighted by Gasteiger charge is -2.40. The van der Waals surface area contributed by atoms with Gasteiger partial charge in [-0.25, -0.2) is 13.1 Å². The molecule has 0 spiro atoms. The molecule has 0 aromatic carbocycles. The summed E-state index contributed by atoms with van der Waals surface area (Å²) in [4.78, 5) is 10.7. The highest BCUT2D eigenvalue weighted by molar-refractivity contribution is 7.90. The Labute approximate surface area is 114 Å². The summed E-state index contributed by atoms with van der Waals surface area (Å²) < 4.78 is 25.6. The predicted molar refractivity (Wildman–Crippen MR) is 71.2 cm³/mol. The number of hydrogen-bond acceptors (Lipinski definition) is 4. The van der Waals surface area contributed by atoms with Crippen LogP contribution in [0.4, 0.5) is 0 Å². The highest BCUT2D eigenvalue weighted by Crippen LogP contribution is 2.39. The SMILES string of the molecule is CC(C(=O)O)S(=O)(=O)NCC1(O)CCC(C)(C)CC1. The number of carboxylic acids is 1. The van der Waals surface area contributed by atoms with Gasteiger partial charge < -0.3 is 10.2 Å². The van der Waals surface area contributed by atoms with Crippen LogP contribution >= 0.6 is 0 Å². The van der Waals surface area contributed by atoms with Crippen LogP contribution in [0.3, 0.4) is 0 Å². The van der Waals surface area contributed by atoms with Crippen molar-refractivity contribution in [1.29, 1.82) is 0 Å². The Hall–Kier alpha value is -0.660. The van der Waals surface area contributed by atoms with Crippen molar-refractivity contribution in [2.45, 2.75) is 57.3 Å². The molecule has 0 aromatic heterocycles. The maximum atomic E-state index is 11.7. The molecule has 1 unspecified atom stereocenters. The Morgan fingerprint density at radius 1 is 1.26 bits per heavy atom. The highest BCUT2D eigenvalue weighted by Gasteiger charge is 2.38. The molecule has 7 heteroatoms. The summed E-state index contributed by atoms with van der Waals surface area (Å²) in [5.74, 6) is -1.40. The number of carbonyl (C=O) groups is 1. The summed E-state index contributed by atoms with van der Waals surface area (Å²) in [6, 6.07) is 0. The first-order chi connectivity index (χ1) is 8.48. The fourth-order valence-electron chi connectivity index (χ4n) is 2.06. The third-order valence-corrected chi connectivity index (χ3v) is 5.63. The van der Waals surface area contributed by atoms with Crippen molar-refractivity contribution < 1.29 is 23.4 Å². The van der Waals surface area contributed by atoms with Crippen molar-refractivity contribution in [3.8, 4) is 0 Å². The second-order valence-electron chi connectivity index (χ2n) is 6.24. The molecule has 0 bridgehead atoms. The van der Waals surface area contributed by atoms with Crippen molar-refractivity contribution in [2.24, 2.45) is 5.41 Å². The number of rotatable bonds is 5. The Kier molecular flexibility index (Phi) is 4.64. The van der Waals surface area contributed by atoms with Crippen LogP contribution < -0.4 is 4.72 Å². The van der Waals surface area contributed by atoms with E-state index in [9.17, 15) is 18.3 Å². The molecule has 0 aliphatic heterocycles. The van der Waals surface area contributed by atoms with E-state index in [1.807, 2.05) is 0 Å². The van der Waals surface area contributed by atoms with E-state index >= 15 is 0 Å². The smallest absolute Gasteiger partial charge is 0.323 e. The second kappa shape index (κ2) is 5.38. The normalized spacial score (nSPS) is 23.8. The number of hydrogen-bond donors (Lipinski definition) is 3. The zero-order valence-corrected chi connectivity index (χ0v) is 12.5. The van der Waals surface area contributed by atoms with E-state index in [4.69, 9.17) is 5.11 Å². The molecule has 0 amide bonds. The zero-order chi connectivity index (χ0) is 14.9. The van der Waals surface area contributed by atoms with Crippen LogP contribution in [0.5, 0.6) is 0 Å². The monoisotopic (exact) mass is 293 g/mol. The van der Waals surface area contributed by atoms with Gasteiger partial charge in [-0.05, 0) is 38.0 Å². The topological polar surface area (TPSA) is 104 Å². The van der Waals surface area contributed by atoms with Gasteiger partial charge in [-0.1, -0.05) is 13.8 Å². The van der Waals surface area contributed by atoms with Crippen LogP contribution in [0.1, 0.15) is 46.5 Å². The molecule has 0 saturated heterocycles. The highest BCUT2D eigenvalue weighted by atomic mass is 32.2. The maximum Gasteiger partial charge on any atom is 0.323 e. The summed E-state index contributed by atoms with van der Waals surface area (Å²) in [7, 11) is -3.94. The van der Waals surface area contributed by atoms with Gasteiger partial charge in [0.1, 0.15) is 0 Å². The summed E-state index contributed by atoms with van der Waals surface area (Å²) in [6.07, 6.45) is 2.67. The van der Waals surface area contributed by atoms with Gasteiger partial charge in [-0.15, -0.1) is 0 Å². The summed E-state index contributed by atoms with van der Waals surface area (Å²) >= 11 is 0. The minimum atomic E-state index is -3.94. The quantitative estimate of drug-likeness (QED) is 0.692. The Morgan fingerprint density at radius 2 is 1.74 bits per heavy atom. The molecular weight excluding hydrogens is 270 g/mol. The van der Waals surface area contributed by atoms with Crippen molar-refractivity contribution in [1.82, 2.24) is 4.72 Å². The second-order valence-corrected chi connectivity index (χ2v) is 8.32. The number of aliphatic hydroxyl groups is 1. The van der Waals surface area contributed by atoms with Gasteiger partial charge in [0.25, 0.3) is 0 Å². The lowest BCUT2D eigenvalue weighted by atomic mass is 9.71. The molecule has 1 rings (SSSR count). The molecule has 1 atom stereocenters. The average Bonchev–Trinajstić information content (AvgIpc) is 2.30. The summed E-state index contributed by atoms with van der Waals surface area (Å²) in [6.45, 7) is 5.22. The van der Waals surface area contributed by atoms with Crippen molar-refractivity contribution >= 4 is 16.0 Å². The van der Waals surface area contributed by atoms with E-state index in [0.29, 0.717) is 12.8 Å². The van der Waals surface area contributed by atoms with Crippen molar-refractivity contribution in [3.63, 3.8) is 0 Å². The first-order valence-corrected chi connectivity index (χ1v) is 7.96. The molecule has 0 heterocycles. The van der Waals surface area contributed by atoms with E-state index in [0.717, 1.165) is 19.8 Å². The van der Waals surface area contributed by atoms with Crippen molar-refractivity contribution in [3.05, 3.63) is 0 Å². The van der Waals surface area contributed by atoms with Crippen LogP contribution in [0.2, 0.25) is 0 Å². The average molecular weight is 293 g/mol. The molecule has 1 aliphatic carbocycles. The lowest BCUT2D eigenvalue weighted by molar-refractivity contribution is -0.136. The predicted octanol–water partition coefficient (Wildman–Crippen LogP) is 0.710. The fraction of sp³-hybridized carbons (Fsp3) is 0.917. The van der Waals surface area contributed by atoms with E-state index in [2.05, 4.69) is 18.6 Å². The summed E-state index contributed by atoms with van der Waals surface area (Å²) in [5.41, 5.74) is -0.903. The van der Waals surface area contributed by atoms with Gasteiger partial charge in [-0.3, -0.25) is 4.79 Å². The molecule has 6 nitrogen and oxygen atoms in total. The first-order valence-electron chi connectivity index (χ1n) is 6.41. The van der Waals surface area contributed by atoms with Gasteiger partial charge in [0, 0.05) is 6.54 Å². The van der Waals surface area contributed by atoms with Gasteiger partial charge in [-0.2, -0.15) is 0 Å². The molecule has 0 aromatic rings. The minimum absolute atomic E-state index is 0.122. The fourth-order valence-corrected chi connectivity index (χ4v) is 3.05. The molecule has 1 saturated carbocycles. The zero-order valence-electron chi connectivity index (χ0n) is 11.6. The maximum absolute atomic E-state index is 11.7. The number of sulfonamides is 1. The Balaban J connectivity index is 2.60. The Morgan fingerprint density at radius 3 is 2.16 bits per heavy atom. The van der Waals surface area contributed by atoms with Crippen LogP contribution in [-0.2, 0) is 14.8 Å². The lowest BCUT2D eigenvalue weighted by Crippen LogP contribution is -2.49. The molecule has 0 radical (unpaired) electrons. The van der Waals surface area contributed by atoms with Gasteiger partial charge in [0.05, 0.1) is 5.60 Å². The molecule has 112 valence electrons. The van der Waals surface area contributed by atoms with Crippen LogP contribution in [0, 0.1) is 5.41 Å². The number of aliphatic carboxylic acids is 1. The molecule has 1 fully saturated rings. The number of nitrogens with one attached hydrogen (secondary N) is 1.